The van der Waals surface area contributed by atoms with Crippen molar-refractivity contribution in [1.82, 2.24) is 0 Å². The van der Waals surface area contributed by atoms with Crippen molar-refractivity contribution >= 4 is 0 Å². The van der Waals surface area contributed by atoms with Crippen LogP contribution in [-0.4, -0.2) is 6.04 Å². The van der Waals surface area contributed by atoms with Gasteiger partial charge >= 0.3 is 0 Å². The second-order valence-electron chi connectivity index (χ2n) is 8.19. The minimum absolute atomic E-state index is 0.290. The Labute approximate surface area is 140 Å². The number of rotatable bonds is 11. The van der Waals surface area contributed by atoms with Gasteiger partial charge in [-0.15, -0.1) is 0 Å². The van der Waals surface area contributed by atoms with Crippen LogP contribution >= 0.6 is 0 Å². The van der Waals surface area contributed by atoms with Gasteiger partial charge in [-0.3, -0.25) is 0 Å². The van der Waals surface area contributed by atoms with Crippen LogP contribution in [0.1, 0.15) is 80.1 Å². The summed E-state index contributed by atoms with van der Waals surface area (Å²) in [4.78, 5) is 0. The molecule has 0 bridgehead atoms. The van der Waals surface area contributed by atoms with Crippen molar-refractivity contribution in [3.8, 4) is 0 Å². The summed E-state index contributed by atoms with van der Waals surface area (Å²) in [7, 11) is 0. The monoisotopic (exact) mass is 307 g/mol. The first kappa shape index (κ1) is 19.7. The molecule has 0 aliphatic heterocycles. The van der Waals surface area contributed by atoms with Crippen LogP contribution in [-0.2, 0) is 0 Å². The van der Waals surface area contributed by atoms with Crippen LogP contribution in [0, 0.1) is 35.5 Å². The second-order valence-corrected chi connectivity index (χ2v) is 8.19. The fraction of sp³-hybridized carbons (Fsp3) is 0.905. The SMILES string of the molecule is C=C(C)C(C)C(N)C(CC)CC1CC1C(CC)CC(C)CC. The van der Waals surface area contributed by atoms with Gasteiger partial charge in [0.15, 0.2) is 0 Å². The predicted molar refractivity (Wildman–Crippen MR) is 99.8 cm³/mol. The largest absolute Gasteiger partial charge is 0.327 e. The topological polar surface area (TPSA) is 26.0 Å². The molecule has 1 fully saturated rings. The van der Waals surface area contributed by atoms with E-state index in [9.17, 15) is 0 Å². The van der Waals surface area contributed by atoms with Gasteiger partial charge in [0, 0.05) is 6.04 Å². The smallest absolute Gasteiger partial charge is 0.0130 e. The zero-order valence-corrected chi connectivity index (χ0v) is 16.1. The Hall–Kier alpha value is -0.300. The highest BCUT2D eigenvalue weighted by atomic mass is 14.7. The van der Waals surface area contributed by atoms with E-state index in [1.54, 1.807) is 0 Å². The Morgan fingerprint density at radius 3 is 2.23 bits per heavy atom. The summed E-state index contributed by atoms with van der Waals surface area (Å²) in [5, 5.41) is 0. The molecule has 0 amide bonds. The molecule has 22 heavy (non-hydrogen) atoms. The predicted octanol–water partition coefficient (Wildman–Crippen LogP) is 6.04. The van der Waals surface area contributed by atoms with Crippen molar-refractivity contribution < 1.29 is 0 Å². The quantitative estimate of drug-likeness (QED) is 0.463. The van der Waals surface area contributed by atoms with E-state index >= 15 is 0 Å². The van der Waals surface area contributed by atoms with Crippen LogP contribution in [0.25, 0.3) is 0 Å². The van der Waals surface area contributed by atoms with Gasteiger partial charge in [0.1, 0.15) is 0 Å². The molecule has 130 valence electrons. The van der Waals surface area contributed by atoms with E-state index in [4.69, 9.17) is 5.73 Å². The molecule has 1 saturated carbocycles. The standard InChI is InChI=1S/C21H41N/c1-8-15(6)11-17(9-2)20-13-19(20)12-18(10-3)21(22)16(7)14(4)5/h15-21H,4,8-13,22H2,1-3,5-7H3. The molecule has 1 nitrogen and oxygen atoms in total. The van der Waals surface area contributed by atoms with Crippen LogP contribution in [0.2, 0.25) is 0 Å². The third kappa shape index (κ3) is 5.41. The summed E-state index contributed by atoms with van der Waals surface area (Å²) in [5.74, 6) is 4.89. The summed E-state index contributed by atoms with van der Waals surface area (Å²) in [5.41, 5.74) is 7.78. The van der Waals surface area contributed by atoms with Crippen LogP contribution in [0.3, 0.4) is 0 Å². The average molecular weight is 308 g/mol. The second kappa shape index (κ2) is 9.11. The molecule has 0 aromatic carbocycles. The van der Waals surface area contributed by atoms with Crippen molar-refractivity contribution in [2.24, 2.45) is 41.2 Å². The van der Waals surface area contributed by atoms with Crippen molar-refractivity contribution in [1.29, 1.82) is 0 Å². The van der Waals surface area contributed by atoms with Crippen LogP contribution in [0.5, 0.6) is 0 Å². The van der Waals surface area contributed by atoms with E-state index in [0.717, 1.165) is 23.7 Å². The fourth-order valence-electron chi connectivity index (χ4n) is 4.17. The number of hydrogen-bond donors (Lipinski definition) is 1. The fourth-order valence-corrected chi connectivity index (χ4v) is 4.17. The first-order valence-corrected chi connectivity index (χ1v) is 9.76. The van der Waals surface area contributed by atoms with Gasteiger partial charge in [-0.1, -0.05) is 66.0 Å². The van der Waals surface area contributed by atoms with Gasteiger partial charge < -0.3 is 5.73 Å². The van der Waals surface area contributed by atoms with E-state index in [-0.39, 0.29) is 0 Å². The van der Waals surface area contributed by atoms with Crippen LogP contribution in [0.15, 0.2) is 12.2 Å². The first-order valence-electron chi connectivity index (χ1n) is 9.76. The van der Waals surface area contributed by atoms with Gasteiger partial charge in [-0.05, 0) is 61.7 Å². The maximum absolute atomic E-state index is 6.54. The molecule has 0 aromatic heterocycles. The van der Waals surface area contributed by atoms with Gasteiger partial charge in [0.25, 0.3) is 0 Å². The Bertz CT molecular complexity index is 335. The molecule has 7 atom stereocenters. The Kier molecular flexibility index (Phi) is 8.17. The Morgan fingerprint density at radius 2 is 1.77 bits per heavy atom. The Morgan fingerprint density at radius 1 is 1.14 bits per heavy atom. The molecule has 0 saturated heterocycles. The molecule has 1 aliphatic carbocycles. The summed E-state index contributed by atoms with van der Waals surface area (Å²) in [6.45, 7) is 17.9. The molecule has 0 aromatic rings. The van der Waals surface area contributed by atoms with Crippen LogP contribution < -0.4 is 5.73 Å². The molecule has 2 N–H and O–H groups in total. The molecular weight excluding hydrogens is 266 g/mol. The highest BCUT2D eigenvalue weighted by Gasteiger charge is 2.43. The molecular formula is C21H41N. The first-order chi connectivity index (χ1) is 10.3. The molecule has 0 radical (unpaired) electrons. The Balaban J connectivity index is 2.51. The van der Waals surface area contributed by atoms with Crippen molar-refractivity contribution in [3.63, 3.8) is 0 Å². The third-order valence-electron chi connectivity index (χ3n) is 6.54. The van der Waals surface area contributed by atoms with E-state index in [0.29, 0.717) is 17.9 Å². The van der Waals surface area contributed by atoms with E-state index in [2.05, 4.69) is 48.1 Å². The molecule has 1 heteroatoms. The number of nitrogens with two attached hydrogens (primary N) is 1. The third-order valence-corrected chi connectivity index (χ3v) is 6.54. The van der Waals surface area contributed by atoms with E-state index < -0.39 is 0 Å². The number of hydrogen-bond acceptors (Lipinski definition) is 1. The van der Waals surface area contributed by atoms with E-state index in [1.807, 2.05) is 0 Å². The van der Waals surface area contributed by atoms with E-state index in [1.165, 1.54) is 44.1 Å². The van der Waals surface area contributed by atoms with Crippen molar-refractivity contribution in [2.45, 2.75) is 86.1 Å². The average Bonchev–Trinajstić information content (AvgIpc) is 3.27. The van der Waals surface area contributed by atoms with Crippen molar-refractivity contribution in [3.05, 3.63) is 12.2 Å². The van der Waals surface area contributed by atoms with Gasteiger partial charge in [-0.25, -0.2) is 0 Å². The highest BCUT2D eigenvalue weighted by molar-refractivity contribution is 5.01. The molecule has 1 aliphatic rings. The van der Waals surface area contributed by atoms with Gasteiger partial charge in [-0.2, -0.15) is 0 Å². The zero-order valence-electron chi connectivity index (χ0n) is 16.1. The maximum Gasteiger partial charge on any atom is 0.0130 e. The normalized spacial score (nSPS) is 27.8. The minimum Gasteiger partial charge on any atom is -0.327 e. The zero-order chi connectivity index (χ0) is 16.9. The lowest BCUT2D eigenvalue weighted by Crippen LogP contribution is -2.37. The summed E-state index contributed by atoms with van der Waals surface area (Å²) >= 11 is 0. The summed E-state index contributed by atoms with van der Waals surface area (Å²) in [6, 6.07) is 0.290. The maximum atomic E-state index is 6.54. The lowest BCUT2D eigenvalue weighted by atomic mass is 9.80. The van der Waals surface area contributed by atoms with Gasteiger partial charge in [0.2, 0.25) is 0 Å². The van der Waals surface area contributed by atoms with Gasteiger partial charge in [0.05, 0.1) is 0 Å². The minimum atomic E-state index is 0.290. The van der Waals surface area contributed by atoms with Crippen molar-refractivity contribution in [2.75, 3.05) is 0 Å². The van der Waals surface area contributed by atoms with Crippen LogP contribution in [0.4, 0.5) is 0 Å². The summed E-state index contributed by atoms with van der Waals surface area (Å²) in [6.07, 6.45) is 8.13. The highest BCUT2D eigenvalue weighted by Crippen LogP contribution is 2.51. The lowest BCUT2D eigenvalue weighted by molar-refractivity contribution is 0.281. The molecule has 0 spiro atoms. The molecule has 0 heterocycles. The lowest BCUT2D eigenvalue weighted by Gasteiger charge is -2.29. The summed E-state index contributed by atoms with van der Waals surface area (Å²) < 4.78 is 0. The molecule has 7 unspecified atom stereocenters. The molecule has 1 rings (SSSR count).